The van der Waals surface area contributed by atoms with E-state index in [1.54, 1.807) is 41.2 Å². The van der Waals surface area contributed by atoms with Gasteiger partial charge < -0.3 is 13.3 Å². The minimum atomic E-state index is 0.0707. The number of aliphatic hydroxyl groups excluding tert-OH is 1. The van der Waals surface area contributed by atoms with Crippen molar-refractivity contribution in [3.63, 3.8) is 0 Å². The molecule has 0 aliphatic carbocycles. The van der Waals surface area contributed by atoms with Crippen LogP contribution in [0.2, 0.25) is 0 Å². The molecule has 0 saturated carbocycles. The van der Waals surface area contributed by atoms with Crippen LogP contribution in [0.5, 0.6) is 11.5 Å². The number of rotatable bonds is 3. The van der Waals surface area contributed by atoms with Gasteiger partial charge in [0, 0.05) is 5.56 Å². The van der Waals surface area contributed by atoms with Crippen LogP contribution in [0.4, 0.5) is 0 Å². The van der Waals surface area contributed by atoms with E-state index in [0.717, 1.165) is 16.7 Å². The molecule has 4 heteroatoms. The molecule has 0 aliphatic heterocycles. The van der Waals surface area contributed by atoms with Crippen molar-refractivity contribution in [2.24, 2.45) is 0 Å². The molecule has 2 N–H and O–H groups in total. The van der Waals surface area contributed by atoms with Gasteiger partial charge in [0.2, 0.25) is 0 Å². The molecule has 0 unspecified atom stereocenters. The van der Waals surface area contributed by atoms with Gasteiger partial charge in [-0.2, -0.15) is 0 Å². The summed E-state index contributed by atoms with van der Waals surface area (Å²) in [6.45, 7) is 1.99. The number of aliphatic hydroxyl groups is 1. The van der Waals surface area contributed by atoms with Crippen molar-refractivity contribution < 1.29 is 13.3 Å². The van der Waals surface area contributed by atoms with Gasteiger partial charge in [-0.3, -0.25) is 0 Å². The molecule has 2 rings (SSSR count). The van der Waals surface area contributed by atoms with Gasteiger partial charge in [0.15, 0.2) is 34.5 Å². The zero-order valence-corrected chi connectivity index (χ0v) is 12.5. The van der Waals surface area contributed by atoms with E-state index in [0.29, 0.717) is 5.75 Å². The predicted octanol–water partition coefficient (Wildman–Crippen LogP) is 4.49. The molecular formula is C15H13IO3. The third kappa shape index (κ3) is 3.41. The molecule has 0 bridgehead atoms. The van der Waals surface area contributed by atoms with Gasteiger partial charge in [0.05, 0.1) is 0 Å². The van der Waals surface area contributed by atoms with Gasteiger partial charge in [-0.05, 0) is 30.7 Å². The molecule has 0 radical (unpaired) electrons. The average molecular weight is 368 g/mol. The lowest BCUT2D eigenvalue weighted by atomic mass is 10.1. The van der Waals surface area contributed by atoms with Gasteiger partial charge in [-0.15, -0.1) is 0 Å². The maximum atomic E-state index is 10.1. The van der Waals surface area contributed by atoms with Crippen LogP contribution in [0.25, 0.3) is 11.8 Å². The Labute approximate surface area is 125 Å². The van der Waals surface area contributed by atoms with E-state index in [9.17, 15) is 10.2 Å². The second-order valence-electron chi connectivity index (χ2n) is 4.20. The highest BCUT2D eigenvalue weighted by Crippen LogP contribution is 2.29. The third-order valence-electron chi connectivity index (χ3n) is 2.72. The van der Waals surface area contributed by atoms with Crippen molar-refractivity contribution in [1.82, 2.24) is 0 Å². The summed E-state index contributed by atoms with van der Waals surface area (Å²) in [5.41, 5.74) is 2.64. The number of aryl methyl sites for hydroxylation is 1. The van der Waals surface area contributed by atoms with Crippen LogP contribution in [-0.4, -0.2) is 10.2 Å². The Morgan fingerprint density at radius 1 is 1.16 bits per heavy atom. The molecule has 2 aromatic carbocycles. The molecule has 0 amide bonds. The first-order chi connectivity index (χ1) is 9.10. The van der Waals surface area contributed by atoms with E-state index in [4.69, 9.17) is 3.07 Å². The SMILES string of the molecule is Cc1ccc(/C(O)=C/c2ccc(O)c(OI)c2)cc1. The van der Waals surface area contributed by atoms with Crippen LogP contribution >= 0.6 is 23.0 Å². The largest absolute Gasteiger partial charge is 0.507 e. The van der Waals surface area contributed by atoms with E-state index in [2.05, 4.69) is 0 Å². The summed E-state index contributed by atoms with van der Waals surface area (Å²) < 4.78 is 5.00. The first-order valence-electron chi connectivity index (χ1n) is 5.69. The summed E-state index contributed by atoms with van der Waals surface area (Å²) >= 11 is 1.70. The number of hydrogen-bond acceptors (Lipinski definition) is 3. The monoisotopic (exact) mass is 368 g/mol. The first-order valence-corrected chi connectivity index (χ1v) is 6.57. The average Bonchev–Trinajstić information content (AvgIpc) is 2.41. The number of hydrogen-bond donors (Lipinski definition) is 2. The molecule has 3 nitrogen and oxygen atoms in total. The molecule has 0 aliphatic rings. The smallest absolute Gasteiger partial charge is 0.192 e. The normalized spacial score (nSPS) is 11.4. The highest BCUT2D eigenvalue weighted by atomic mass is 127. The Hall–Kier alpha value is -1.69. The fraction of sp³-hybridized carbons (Fsp3) is 0.0667. The Morgan fingerprint density at radius 2 is 1.84 bits per heavy atom. The van der Waals surface area contributed by atoms with Crippen molar-refractivity contribution in [1.29, 1.82) is 0 Å². The fourth-order valence-corrected chi connectivity index (χ4v) is 2.00. The number of aromatic hydroxyl groups is 1. The third-order valence-corrected chi connectivity index (χ3v) is 3.19. The maximum absolute atomic E-state index is 10.1. The number of phenols is 1. The molecule has 0 atom stereocenters. The molecule has 0 aromatic heterocycles. The van der Waals surface area contributed by atoms with Crippen LogP contribution in [0.1, 0.15) is 16.7 Å². The summed E-state index contributed by atoms with van der Waals surface area (Å²) in [5, 5.41) is 19.6. The molecule has 0 saturated heterocycles. The van der Waals surface area contributed by atoms with Crippen molar-refractivity contribution in [3.05, 3.63) is 59.2 Å². The highest BCUT2D eigenvalue weighted by molar-refractivity contribution is 14.1. The highest BCUT2D eigenvalue weighted by Gasteiger charge is 2.04. The lowest BCUT2D eigenvalue weighted by Crippen LogP contribution is -1.84. The van der Waals surface area contributed by atoms with Crippen LogP contribution in [0.3, 0.4) is 0 Å². The lowest BCUT2D eigenvalue weighted by Gasteiger charge is -2.04. The van der Waals surface area contributed by atoms with Crippen LogP contribution in [0, 0.1) is 6.92 Å². The predicted molar refractivity (Wildman–Crippen MR) is 84.4 cm³/mol. The van der Waals surface area contributed by atoms with Crippen molar-refractivity contribution >= 4 is 34.8 Å². The lowest BCUT2D eigenvalue weighted by molar-refractivity contribution is 0.457. The molecule has 19 heavy (non-hydrogen) atoms. The molecule has 2 aromatic rings. The first kappa shape index (κ1) is 13.7. The Kier molecular flexibility index (Phi) is 4.31. The van der Waals surface area contributed by atoms with Gasteiger partial charge in [-0.1, -0.05) is 35.9 Å². The molecule has 0 fully saturated rings. The zero-order chi connectivity index (χ0) is 13.8. The van der Waals surface area contributed by atoms with Crippen molar-refractivity contribution in [3.8, 4) is 11.5 Å². The fourth-order valence-electron chi connectivity index (χ4n) is 1.65. The van der Waals surface area contributed by atoms with Crippen LogP contribution < -0.4 is 3.07 Å². The second kappa shape index (κ2) is 5.97. The summed E-state index contributed by atoms with van der Waals surface area (Å²) in [4.78, 5) is 0. The maximum Gasteiger partial charge on any atom is 0.192 e. The van der Waals surface area contributed by atoms with E-state index in [1.807, 2.05) is 31.2 Å². The van der Waals surface area contributed by atoms with E-state index >= 15 is 0 Å². The quantitative estimate of drug-likeness (QED) is 0.477. The second-order valence-corrected chi connectivity index (χ2v) is 4.64. The number of benzene rings is 2. The van der Waals surface area contributed by atoms with E-state index in [1.165, 1.54) is 6.07 Å². The minimum Gasteiger partial charge on any atom is -0.507 e. The van der Waals surface area contributed by atoms with E-state index < -0.39 is 0 Å². The van der Waals surface area contributed by atoms with Crippen molar-refractivity contribution in [2.45, 2.75) is 6.92 Å². The van der Waals surface area contributed by atoms with Gasteiger partial charge in [-0.25, -0.2) is 0 Å². The number of phenolic OH excluding ortho intramolecular Hbond substituents is 1. The summed E-state index contributed by atoms with van der Waals surface area (Å²) in [5.74, 6) is 0.609. The Bertz CT molecular complexity index is 603. The standard InChI is InChI=1S/C15H13IO3/c1-10-2-5-12(6-3-10)14(18)8-11-4-7-13(17)15(9-11)19-16/h2-9,17-18H,1H3/b14-8-. The van der Waals surface area contributed by atoms with Gasteiger partial charge in [0.1, 0.15) is 5.76 Å². The summed E-state index contributed by atoms with van der Waals surface area (Å²) in [7, 11) is 0. The topological polar surface area (TPSA) is 49.7 Å². The zero-order valence-electron chi connectivity index (χ0n) is 10.3. The summed E-state index contributed by atoms with van der Waals surface area (Å²) in [6, 6.07) is 12.5. The molecular weight excluding hydrogens is 355 g/mol. The Morgan fingerprint density at radius 3 is 2.47 bits per heavy atom. The van der Waals surface area contributed by atoms with Crippen LogP contribution in [0.15, 0.2) is 42.5 Å². The molecule has 98 valence electrons. The van der Waals surface area contributed by atoms with Gasteiger partial charge >= 0.3 is 0 Å². The molecule has 0 spiro atoms. The number of halogens is 1. The summed E-state index contributed by atoms with van der Waals surface area (Å²) in [6.07, 6.45) is 1.63. The van der Waals surface area contributed by atoms with Crippen molar-refractivity contribution in [2.75, 3.05) is 0 Å². The minimum absolute atomic E-state index is 0.0707. The van der Waals surface area contributed by atoms with E-state index in [-0.39, 0.29) is 11.5 Å². The Balaban J connectivity index is 2.32. The van der Waals surface area contributed by atoms with Gasteiger partial charge in [0.25, 0.3) is 0 Å². The molecule has 0 heterocycles. The van der Waals surface area contributed by atoms with Crippen LogP contribution in [-0.2, 0) is 0 Å².